The maximum absolute atomic E-state index is 14.3. The molecule has 3 N–H and O–H groups in total. The molecule has 5 aliphatic rings. The summed E-state index contributed by atoms with van der Waals surface area (Å²) in [4.78, 5) is 29.2. The quantitative estimate of drug-likeness (QED) is 0.350. The van der Waals surface area contributed by atoms with Crippen molar-refractivity contribution < 1.29 is 28.4 Å². The molecule has 2 aromatic rings. The Morgan fingerprint density at radius 2 is 2.10 bits per heavy atom. The van der Waals surface area contributed by atoms with Crippen LogP contribution in [0.5, 0.6) is 5.75 Å². The second-order valence-electron chi connectivity index (χ2n) is 14.8. The van der Waals surface area contributed by atoms with Gasteiger partial charge in [0.25, 0.3) is 5.91 Å². The van der Waals surface area contributed by atoms with Crippen LogP contribution in [0.2, 0.25) is 5.02 Å². The Balaban J connectivity index is 1.27. The van der Waals surface area contributed by atoms with Gasteiger partial charge in [-0.25, -0.2) is 9.00 Å². The van der Waals surface area contributed by atoms with E-state index in [1.165, 1.54) is 11.1 Å². The van der Waals surface area contributed by atoms with Crippen LogP contribution < -0.4 is 19.7 Å². The lowest BCUT2D eigenvalue weighted by molar-refractivity contribution is 0.0131. The minimum Gasteiger partial charge on any atom is -0.490 e. The molecule has 49 heavy (non-hydrogen) atoms. The third kappa shape index (κ3) is 7.22. The number of aliphatic hydroxyl groups is 1. The number of methoxy groups -OCH3 is 1. The average Bonchev–Trinajstić information content (AvgIpc) is 3.83. The maximum atomic E-state index is 14.3. The van der Waals surface area contributed by atoms with Crippen LogP contribution in [0.15, 0.2) is 52.9 Å². The summed E-state index contributed by atoms with van der Waals surface area (Å²) in [5.74, 6) is 0.610. The molecule has 2 aliphatic heterocycles. The molecule has 264 valence electrons. The Bertz CT molecular complexity index is 1760. The molecule has 1 unspecified atom stereocenters. The topological polar surface area (TPSA) is 130 Å². The number of allylic oxidation sites excluding steroid dienone is 1. The number of hydrogen-bond acceptors (Lipinski definition) is 7. The van der Waals surface area contributed by atoms with Crippen molar-refractivity contribution in [1.82, 2.24) is 10.0 Å². The lowest BCUT2D eigenvalue weighted by Crippen LogP contribution is -2.49. The van der Waals surface area contributed by atoms with E-state index in [4.69, 9.17) is 21.1 Å². The van der Waals surface area contributed by atoms with Gasteiger partial charge in [0.05, 0.1) is 24.2 Å². The van der Waals surface area contributed by atoms with Crippen molar-refractivity contribution in [1.29, 1.82) is 0 Å². The molecule has 7 rings (SSSR count). The Kier molecular flexibility index (Phi) is 9.73. The first-order chi connectivity index (χ1) is 23.6. The summed E-state index contributed by atoms with van der Waals surface area (Å²) >= 11 is 6.44. The summed E-state index contributed by atoms with van der Waals surface area (Å²) in [5.41, 5.74) is 3.38. The van der Waals surface area contributed by atoms with Crippen LogP contribution >= 0.6 is 11.6 Å². The van der Waals surface area contributed by atoms with E-state index >= 15 is 0 Å². The monoisotopic (exact) mass is 710 g/mol. The number of aryl methyl sites for hydroxylation is 1. The van der Waals surface area contributed by atoms with Gasteiger partial charge in [0.15, 0.2) is 0 Å². The molecule has 1 spiro atoms. The van der Waals surface area contributed by atoms with Crippen molar-refractivity contribution in [2.75, 3.05) is 44.1 Å². The fourth-order valence-corrected chi connectivity index (χ4v) is 10.4. The molecule has 8 atom stereocenters. The normalized spacial score (nSPS) is 34.6. The fourth-order valence-electron chi connectivity index (χ4n) is 8.34. The molecule has 2 fully saturated rings. The summed E-state index contributed by atoms with van der Waals surface area (Å²) in [7, 11) is -1.75. The number of fused-ring (bicyclic) bond motifs is 4. The zero-order valence-electron chi connectivity index (χ0n) is 28.2. The highest BCUT2D eigenvalue weighted by Crippen LogP contribution is 2.47. The van der Waals surface area contributed by atoms with E-state index in [1.54, 1.807) is 13.2 Å². The van der Waals surface area contributed by atoms with Crippen LogP contribution in [-0.2, 0) is 26.5 Å². The van der Waals surface area contributed by atoms with E-state index in [0.717, 1.165) is 49.4 Å². The highest BCUT2D eigenvalue weighted by molar-refractivity contribution is 7.92. The summed E-state index contributed by atoms with van der Waals surface area (Å²) in [6, 6.07) is 10.7. The number of rotatable bonds is 4. The van der Waals surface area contributed by atoms with Gasteiger partial charge < -0.3 is 24.8 Å². The van der Waals surface area contributed by atoms with E-state index < -0.39 is 21.9 Å². The number of ether oxygens (including phenoxy) is 2. The van der Waals surface area contributed by atoms with Gasteiger partial charge in [-0.15, -0.1) is 4.36 Å². The fraction of sp³-hybridized carbons (Fsp3) is 0.568. The van der Waals surface area contributed by atoms with E-state index in [2.05, 4.69) is 43.6 Å². The van der Waals surface area contributed by atoms with Crippen molar-refractivity contribution in [3.05, 3.63) is 70.3 Å². The highest BCUT2D eigenvalue weighted by Gasteiger charge is 2.44. The molecule has 0 saturated heterocycles. The molecule has 3 amide bonds. The predicted octanol–water partition coefficient (Wildman–Crippen LogP) is 5.65. The third-order valence-electron chi connectivity index (χ3n) is 11.2. The molecular weight excluding hydrogens is 664 g/mol. The summed E-state index contributed by atoms with van der Waals surface area (Å²) in [5, 5.41) is 12.9. The van der Waals surface area contributed by atoms with Crippen molar-refractivity contribution in [3.63, 3.8) is 0 Å². The van der Waals surface area contributed by atoms with Gasteiger partial charge in [-0.3, -0.25) is 9.52 Å². The second-order valence-corrected chi connectivity index (χ2v) is 17.3. The van der Waals surface area contributed by atoms with Crippen molar-refractivity contribution >= 4 is 39.1 Å². The number of halogens is 1. The molecule has 0 aromatic heterocycles. The van der Waals surface area contributed by atoms with Crippen LogP contribution in [0.25, 0.3) is 0 Å². The van der Waals surface area contributed by atoms with E-state index in [1.807, 2.05) is 25.1 Å². The predicted molar refractivity (Wildman–Crippen MR) is 191 cm³/mol. The Morgan fingerprint density at radius 3 is 2.86 bits per heavy atom. The Hall–Kier alpha value is -3.12. The number of urea groups is 1. The molecule has 3 aliphatic carbocycles. The average molecular weight is 711 g/mol. The van der Waals surface area contributed by atoms with Crippen LogP contribution in [0.4, 0.5) is 10.5 Å². The molecule has 10 nitrogen and oxygen atoms in total. The molecule has 2 aromatic carbocycles. The van der Waals surface area contributed by atoms with Gasteiger partial charge in [-0.1, -0.05) is 36.7 Å². The number of aliphatic hydroxyl groups excluding tert-OH is 1. The number of hydrogen-bond donors (Lipinski definition) is 3. The van der Waals surface area contributed by atoms with Crippen LogP contribution in [-0.4, -0.2) is 72.6 Å². The van der Waals surface area contributed by atoms with Crippen molar-refractivity contribution in [3.8, 4) is 5.75 Å². The van der Waals surface area contributed by atoms with E-state index in [0.29, 0.717) is 43.6 Å². The lowest BCUT2D eigenvalue weighted by Gasteiger charge is -2.46. The number of carbonyl (C=O) groups excluding carboxylic acids is 2. The Morgan fingerprint density at radius 1 is 1.24 bits per heavy atom. The number of carbonyl (C=O) groups is 2. The van der Waals surface area contributed by atoms with Crippen LogP contribution in [0.3, 0.4) is 0 Å². The summed E-state index contributed by atoms with van der Waals surface area (Å²) in [6.07, 6.45) is 10.5. The number of anilines is 1. The van der Waals surface area contributed by atoms with Gasteiger partial charge in [-0.05, 0) is 104 Å². The number of amides is 3. The van der Waals surface area contributed by atoms with Gasteiger partial charge in [0, 0.05) is 54.8 Å². The van der Waals surface area contributed by atoms with Crippen LogP contribution in [0, 0.1) is 23.7 Å². The molecular formula is C37H47ClN4O6S. The van der Waals surface area contributed by atoms with Gasteiger partial charge >= 0.3 is 6.03 Å². The number of nitrogens with zero attached hydrogens (tertiary/aromatic N) is 2. The first-order valence-electron chi connectivity index (χ1n) is 17.6. The van der Waals surface area contributed by atoms with Gasteiger partial charge in [0.2, 0.25) is 0 Å². The smallest absolute Gasteiger partial charge is 0.327 e. The standard InChI is InChI=1S/C37H47ClN4O6S/c1-23-5-3-7-33(47-2)29-11-8-26(29)18-42-21-37(14-4-6-24-15-28(38)10-12-30(24)37)22-48-34-13-9-25(17-32(34)42)35(44)40-49(46,20-23)41-36(45)39-31-16-27(31)19-43/h3,7,9-10,12-13,15,17,23,26-27,29,31,33,43H,4-6,8,11,14,16,18-22H2,1-2H3,(H2,39,40,41,44,45,46)/b7-3+/t23-,26-,27+,29+,31-,33-,37-,49?/m0/s1. The minimum absolute atomic E-state index is 0.000417. The molecule has 2 saturated carbocycles. The zero-order chi connectivity index (χ0) is 34.3. The SMILES string of the molecule is CO[C@H]1/C=C/C[C@H](C)CS(=O)(NC(=O)N[C@H]2C[C@@H]2CO)=NC(=O)c2ccc3c(c2)N(C[C@@H]2CC[C@H]21)C[C@@]1(CCCc2cc(Cl)ccc21)CO3. The molecule has 12 heteroatoms. The minimum atomic E-state index is -3.50. The maximum Gasteiger partial charge on any atom is 0.327 e. The molecule has 0 radical (unpaired) electrons. The summed E-state index contributed by atoms with van der Waals surface area (Å²) in [6.45, 7) is 3.90. The van der Waals surface area contributed by atoms with E-state index in [9.17, 15) is 18.9 Å². The van der Waals surface area contributed by atoms with E-state index in [-0.39, 0.29) is 47.3 Å². The van der Waals surface area contributed by atoms with Crippen molar-refractivity contribution in [2.24, 2.45) is 28.0 Å². The van der Waals surface area contributed by atoms with Crippen molar-refractivity contribution in [2.45, 2.75) is 69.4 Å². The molecule has 2 bridgehead atoms. The largest absolute Gasteiger partial charge is 0.490 e. The zero-order valence-corrected chi connectivity index (χ0v) is 29.8. The second kappa shape index (κ2) is 13.9. The highest BCUT2D eigenvalue weighted by atomic mass is 35.5. The third-order valence-corrected chi connectivity index (χ3v) is 13.5. The van der Waals surface area contributed by atoms with Crippen LogP contribution in [0.1, 0.15) is 66.9 Å². The van der Waals surface area contributed by atoms with Gasteiger partial charge in [-0.2, -0.15) is 0 Å². The number of benzene rings is 2. The first-order valence-corrected chi connectivity index (χ1v) is 19.6. The summed E-state index contributed by atoms with van der Waals surface area (Å²) < 4.78 is 33.7. The Labute approximate surface area is 294 Å². The number of nitrogens with one attached hydrogen (secondary N) is 2. The van der Waals surface area contributed by atoms with Gasteiger partial charge in [0.1, 0.15) is 15.7 Å². The lowest BCUT2D eigenvalue weighted by atomic mass is 9.68. The molecule has 2 heterocycles. The first kappa shape index (κ1) is 34.3.